The first-order valence-electron chi connectivity index (χ1n) is 5.28. The maximum atomic E-state index is 11.9. The standard InChI is InChI=1S/C11H13ClN2O5/c1-18-9(19-2)6-13-11(15)10-7(12)4-3-5-8(10)14(16)17/h3-5,9H,6H2,1-2H3,(H,13,15). The van der Waals surface area contributed by atoms with E-state index in [2.05, 4.69) is 5.32 Å². The van der Waals surface area contributed by atoms with Gasteiger partial charge in [-0.05, 0) is 6.07 Å². The van der Waals surface area contributed by atoms with Crippen LogP contribution in [0.3, 0.4) is 0 Å². The van der Waals surface area contributed by atoms with Gasteiger partial charge >= 0.3 is 0 Å². The summed E-state index contributed by atoms with van der Waals surface area (Å²) < 4.78 is 9.78. The van der Waals surface area contributed by atoms with Gasteiger partial charge in [0.15, 0.2) is 6.29 Å². The van der Waals surface area contributed by atoms with Crippen LogP contribution in [0.2, 0.25) is 5.02 Å². The molecule has 8 heteroatoms. The fourth-order valence-electron chi connectivity index (χ4n) is 1.42. The predicted octanol–water partition coefficient (Wildman–Crippen LogP) is 1.60. The lowest BCUT2D eigenvalue weighted by Crippen LogP contribution is -2.34. The van der Waals surface area contributed by atoms with E-state index in [0.29, 0.717) is 0 Å². The Morgan fingerprint density at radius 3 is 2.63 bits per heavy atom. The van der Waals surface area contributed by atoms with Gasteiger partial charge in [0.25, 0.3) is 11.6 Å². The van der Waals surface area contributed by atoms with Crippen LogP contribution in [0.4, 0.5) is 5.69 Å². The number of hydrogen-bond acceptors (Lipinski definition) is 5. The van der Waals surface area contributed by atoms with E-state index in [1.54, 1.807) is 0 Å². The minimum absolute atomic E-state index is 0.0121. The number of nitrogens with zero attached hydrogens (tertiary/aromatic N) is 1. The molecule has 1 aromatic carbocycles. The molecule has 7 nitrogen and oxygen atoms in total. The minimum atomic E-state index is -0.662. The van der Waals surface area contributed by atoms with Crippen molar-refractivity contribution in [1.29, 1.82) is 0 Å². The van der Waals surface area contributed by atoms with E-state index in [-0.39, 0.29) is 22.8 Å². The van der Waals surface area contributed by atoms with Crippen LogP contribution in [-0.4, -0.2) is 37.9 Å². The zero-order valence-corrected chi connectivity index (χ0v) is 11.1. The molecule has 0 atom stereocenters. The summed E-state index contributed by atoms with van der Waals surface area (Å²) in [5.74, 6) is -0.656. The summed E-state index contributed by atoms with van der Waals surface area (Å²) in [4.78, 5) is 22.1. The zero-order chi connectivity index (χ0) is 14.4. The first kappa shape index (κ1) is 15.4. The highest BCUT2D eigenvalue weighted by molar-refractivity contribution is 6.34. The number of rotatable bonds is 6. The smallest absolute Gasteiger partial charge is 0.283 e. The molecule has 1 rings (SSSR count). The molecule has 0 aliphatic carbocycles. The first-order valence-corrected chi connectivity index (χ1v) is 5.65. The summed E-state index contributed by atoms with van der Waals surface area (Å²) in [6, 6.07) is 4.03. The second-order valence-corrected chi connectivity index (χ2v) is 3.91. The summed E-state index contributed by atoms with van der Waals surface area (Å²) in [6.07, 6.45) is -0.634. The fourth-order valence-corrected chi connectivity index (χ4v) is 1.67. The van der Waals surface area contributed by atoms with Gasteiger partial charge in [-0.25, -0.2) is 0 Å². The predicted molar refractivity (Wildman–Crippen MR) is 68.2 cm³/mol. The Kier molecular flexibility index (Phi) is 5.68. The average molecular weight is 289 g/mol. The van der Waals surface area contributed by atoms with Crippen LogP contribution in [0, 0.1) is 10.1 Å². The van der Waals surface area contributed by atoms with E-state index in [9.17, 15) is 14.9 Å². The number of methoxy groups -OCH3 is 2. The second-order valence-electron chi connectivity index (χ2n) is 3.50. The molecular formula is C11H13ClN2O5. The number of carbonyl (C=O) groups excluding carboxylic acids is 1. The summed E-state index contributed by atoms with van der Waals surface area (Å²) in [5.41, 5.74) is -0.531. The third-order valence-electron chi connectivity index (χ3n) is 2.37. The largest absolute Gasteiger partial charge is 0.354 e. The quantitative estimate of drug-likeness (QED) is 0.488. The molecule has 0 spiro atoms. The first-order chi connectivity index (χ1) is 9.01. The monoisotopic (exact) mass is 288 g/mol. The van der Waals surface area contributed by atoms with Gasteiger partial charge < -0.3 is 14.8 Å². The molecule has 0 unspecified atom stereocenters. The summed E-state index contributed by atoms with van der Waals surface area (Å²) in [7, 11) is 2.83. The third kappa shape index (κ3) is 3.88. The topological polar surface area (TPSA) is 90.7 Å². The molecule has 19 heavy (non-hydrogen) atoms. The summed E-state index contributed by atoms with van der Waals surface area (Å²) in [6.45, 7) is 0.0498. The van der Waals surface area contributed by atoms with Crippen LogP contribution < -0.4 is 5.32 Å². The molecule has 0 aliphatic rings. The van der Waals surface area contributed by atoms with Gasteiger partial charge in [0.1, 0.15) is 5.56 Å². The number of nitro benzene ring substituents is 1. The van der Waals surface area contributed by atoms with Crippen molar-refractivity contribution in [3.8, 4) is 0 Å². The summed E-state index contributed by atoms with van der Waals surface area (Å²) >= 11 is 5.82. The number of hydrogen-bond donors (Lipinski definition) is 1. The molecule has 0 fully saturated rings. The van der Waals surface area contributed by atoms with Crippen molar-refractivity contribution in [3.63, 3.8) is 0 Å². The number of nitrogens with one attached hydrogen (secondary N) is 1. The Balaban J connectivity index is 2.90. The van der Waals surface area contributed by atoms with Crippen molar-refractivity contribution < 1.29 is 19.2 Å². The third-order valence-corrected chi connectivity index (χ3v) is 2.69. The highest BCUT2D eigenvalue weighted by atomic mass is 35.5. The van der Waals surface area contributed by atoms with Gasteiger partial charge in [0.2, 0.25) is 0 Å². The van der Waals surface area contributed by atoms with Crippen LogP contribution in [0.1, 0.15) is 10.4 Å². The molecule has 1 N–H and O–H groups in total. The van der Waals surface area contributed by atoms with Crippen molar-refractivity contribution in [1.82, 2.24) is 5.32 Å². The number of benzene rings is 1. The highest BCUT2D eigenvalue weighted by Gasteiger charge is 2.23. The van der Waals surface area contributed by atoms with Crippen LogP contribution in [0.25, 0.3) is 0 Å². The summed E-state index contributed by atoms with van der Waals surface area (Å²) in [5, 5.41) is 13.3. The number of ether oxygens (including phenoxy) is 2. The SMILES string of the molecule is COC(CNC(=O)c1c(Cl)cccc1[N+](=O)[O-])OC. The lowest BCUT2D eigenvalue weighted by Gasteiger charge is -2.14. The Labute approximate surface area is 114 Å². The molecule has 0 aliphatic heterocycles. The molecule has 104 valence electrons. The molecule has 0 radical (unpaired) electrons. The molecule has 0 heterocycles. The van der Waals surface area contributed by atoms with Gasteiger partial charge in [-0.2, -0.15) is 0 Å². The average Bonchev–Trinajstić information content (AvgIpc) is 2.39. The maximum absolute atomic E-state index is 11.9. The molecule has 0 bridgehead atoms. The van der Waals surface area contributed by atoms with Crippen LogP contribution in [0.15, 0.2) is 18.2 Å². The fraction of sp³-hybridized carbons (Fsp3) is 0.364. The number of nitro groups is 1. The van der Waals surface area contributed by atoms with Crippen molar-refractivity contribution in [2.45, 2.75) is 6.29 Å². The van der Waals surface area contributed by atoms with E-state index in [1.165, 1.54) is 32.4 Å². The Morgan fingerprint density at radius 2 is 2.11 bits per heavy atom. The van der Waals surface area contributed by atoms with Crippen molar-refractivity contribution >= 4 is 23.2 Å². The van der Waals surface area contributed by atoms with Crippen molar-refractivity contribution in [2.24, 2.45) is 0 Å². The Hall–Kier alpha value is -1.70. The lowest BCUT2D eigenvalue weighted by atomic mass is 10.1. The van der Waals surface area contributed by atoms with Gasteiger partial charge in [0.05, 0.1) is 16.5 Å². The minimum Gasteiger partial charge on any atom is -0.354 e. The van der Waals surface area contributed by atoms with E-state index in [1.807, 2.05) is 0 Å². The van der Waals surface area contributed by atoms with Crippen LogP contribution >= 0.6 is 11.6 Å². The van der Waals surface area contributed by atoms with Gasteiger partial charge in [-0.15, -0.1) is 0 Å². The van der Waals surface area contributed by atoms with Crippen molar-refractivity contribution in [2.75, 3.05) is 20.8 Å². The second kappa shape index (κ2) is 7.03. The van der Waals surface area contributed by atoms with E-state index < -0.39 is 17.1 Å². The lowest BCUT2D eigenvalue weighted by molar-refractivity contribution is -0.385. The maximum Gasteiger partial charge on any atom is 0.283 e. The Bertz CT molecular complexity index is 476. The van der Waals surface area contributed by atoms with Gasteiger partial charge in [-0.1, -0.05) is 17.7 Å². The van der Waals surface area contributed by atoms with Crippen LogP contribution in [0.5, 0.6) is 0 Å². The number of halogens is 1. The van der Waals surface area contributed by atoms with Gasteiger partial charge in [0, 0.05) is 20.3 Å². The number of amides is 1. The molecule has 0 aromatic heterocycles. The molecule has 0 saturated heterocycles. The normalized spacial score (nSPS) is 10.5. The van der Waals surface area contributed by atoms with E-state index >= 15 is 0 Å². The zero-order valence-electron chi connectivity index (χ0n) is 10.4. The van der Waals surface area contributed by atoms with E-state index in [0.717, 1.165) is 0 Å². The van der Waals surface area contributed by atoms with E-state index in [4.69, 9.17) is 21.1 Å². The van der Waals surface area contributed by atoms with Gasteiger partial charge in [-0.3, -0.25) is 14.9 Å². The molecule has 0 saturated carbocycles. The van der Waals surface area contributed by atoms with Crippen molar-refractivity contribution in [3.05, 3.63) is 38.9 Å². The Morgan fingerprint density at radius 1 is 1.47 bits per heavy atom. The molecule has 1 aromatic rings. The molecule has 1 amide bonds. The molecular weight excluding hydrogens is 276 g/mol. The van der Waals surface area contributed by atoms with Crippen LogP contribution in [-0.2, 0) is 9.47 Å². The highest BCUT2D eigenvalue weighted by Crippen LogP contribution is 2.25. The number of carbonyl (C=O) groups is 1.